The summed E-state index contributed by atoms with van der Waals surface area (Å²) in [7, 11) is 1.64. The zero-order valence-corrected chi connectivity index (χ0v) is 15.2. The number of nitrogens with zero attached hydrogens (tertiary/aromatic N) is 1. The van der Waals surface area contributed by atoms with E-state index in [0.29, 0.717) is 10.9 Å². The van der Waals surface area contributed by atoms with Gasteiger partial charge >= 0.3 is 0 Å². The van der Waals surface area contributed by atoms with E-state index < -0.39 is 0 Å². The minimum absolute atomic E-state index is 0.0504. The first-order valence-corrected chi connectivity index (χ1v) is 9.44. The van der Waals surface area contributed by atoms with E-state index in [-0.39, 0.29) is 5.91 Å². The quantitative estimate of drug-likeness (QED) is 0.654. The second kappa shape index (κ2) is 7.68. The average Bonchev–Trinajstić information content (AvgIpc) is 3.01. The highest BCUT2D eigenvalue weighted by Gasteiger charge is 2.09. The van der Waals surface area contributed by atoms with Gasteiger partial charge in [0.1, 0.15) is 5.75 Å². The number of hydrogen-bond acceptors (Lipinski definition) is 5. The molecule has 2 aromatic carbocycles. The van der Waals surface area contributed by atoms with Crippen molar-refractivity contribution in [3.8, 4) is 5.75 Å². The predicted octanol–water partition coefficient (Wildman–Crippen LogP) is 4.60. The topological polar surface area (TPSA) is 51.2 Å². The van der Waals surface area contributed by atoms with Crippen molar-refractivity contribution in [2.24, 2.45) is 0 Å². The average molecular weight is 358 g/mol. The van der Waals surface area contributed by atoms with Crippen molar-refractivity contribution in [3.63, 3.8) is 0 Å². The van der Waals surface area contributed by atoms with Crippen LogP contribution in [0, 0.1) is 0 Å². The number of nitrogens with one attached hydrogen (secondary N) is 1. The molecule has 1 amide bonds. The number of carbonyl (C=O) groups excluding carboxylic acids is 1. The van der Waals surface area contributed by atoms with Crippen molar-refractivity contribution in [1.29, 1.82) is 0 Å². The molecule has 3 rings (SSSR count). The molecule has 0 saturated carbocycles. The highest BCUT2D eigenvalue weighted by molar-refractivity contribution is 8.00. The maximum atomic E-state index is 12.1. The Hall–Kier alpha value is -2.05. The van der Waals surface area contributed by atoms with E-state index in [1.54, 1.807) is 7.11 Å². The molecule has 6 heteroatoms. The number of rotatable bonds is 6. The first-order chi connectivity index (χ1) is 11.7. The standard InChI is InChI=1S/C18H18N2O2S2/c1-3-12-4-9-15-16(10-12)24-18(19-15)20-17(21)11-23-14-7-5-13(22-2)6-8-14/h4-10H,3,11H2,1-2H3,(H,19,20,21). The zero-order chi connectivity index (χ0) is 16.9. The number of benzene rings is 2. The molecule has 3 aromatic rings. The van der Waals surface area contributed by atoms with Crippen molar-refractivity contribution in [1.82, 2.24) is 4.98 Å². The molecule has 0 bridgehead atoms. The van der Waals surface area contributed by atoms with Gasteiger partial charge in [0.2, 0.25) is 5.91 Å². The van der Waals surface area contributed by atoms with Gasteiger partial charge in [-0.25, -0.2) is 4.98 Å². The fourth-order valence-corrected chi connectivity index (χ4v) is 3.86. The van der Waals surface area contributed by atoms with Crippen LogP contribution >= 0.6 is 23.1 Å². The van der Waals surface area contributed by atoms with Gasteiger partial charge in [0.15, 0.2) is 5.13 Å². The zero-order valence-electron chi connectivity index (χ0n) is 13.5. The largest absolute Gasteiger partial charge is 0.497 e. The Balaban J connectivity index is 1.59. The van der Waals surface area contributed by atoms with Crippen LogP contribution in [0.1, 0.15) is 12.5 Å². The minimum Gasteiger partial charge on any atom is -0.497 e. The third-order valence-corrected chi connectivity index (χ3v) is 5.48. The van der Waals surface area contributed by atoms with E-state index in [0.717, 1.165) is 27.3 Å². The lowest BCUT2D eigenvalue weighted by Gasteiger charge is -2.03. The molecule has 0 aliphatic heterocycles. The summed E-state index contributed by atoms with van der Waals surface area (Å²) >= 11 is 3.00. The molecule has 0 aliphatic rings. The summed E-state index contributed by atoms with van der Waals surface area (Å²) in [5, 5.41) is 3.54. The Morgan fingerprint density at radius 3 is 2.75 bits per heavy atom. The first kappa shape index (κ1) is 16.8. The van der Waals surface area contributed by atoms with Crippen molar-refractivity contribution in [2.45, 2.75) is 18.2 Å². The highest BCUT2D eigenvalue weighted by atomic mass is 32.2. The molecule has 1 heterocycles. The number of thiazole rings is 1. The fourth-order valence-electron chi connectivity index (χ4n) is 2.22. The van der Waals surface area contributed by atoms with Gasteiger partial charge < -0.3 is 10.1 Å². The van der Waals surface area contributed by atoms with Crippen LogP contribution in [0.25, 0.3) is 10.2 Å². The number of amides is 1. The Labute approximate surface area is 149 Å². The molecular formula is C18H18N2O2S2. The van der Waals surface area contributed by atoms with Gasteiger partial charge in [0.25, 0.3) is 0 Å². The normalized spacial score (nSPS) is 10.8. The molecule has 0 unspecified atom stereocenters. The van der Waals surface area contributed by atoms with Gasteiger partial charge in [-0.3, -0.25) is 4.79 Å². The molecule has 4 nitrogen and oxygen atoms in total. The molecule has 0 saturated heterocycles. The van der Waals surface area contributed by atoms with Crippen LogP contribution in [0.5, 0.6) is 5.75 Å². The number of anilines is 1. The van der Waals surface area contributed by atoms with E-state index in [9.17, 15) is 4.79 Å². The Bertz CT molecular complexity index is 844. The van der Waals surface area contributed by atoms with E-state index in [1.165, 1.54) is 28.7 Å². The summed E-state index contributed by atoms with van der Waals surface area (Å²) in [6.07, 6.45) is 0.994. The smallest absolute Gasteiger partial charge is 0.236 e. The van der Waals surface area contributed by atoms with Crippen molar-refractivity contribution in [3.05, 3.63) is 48.0 Å². The third kappa shape index (κ3) is 4.07. The molecule has 24 heavy (non-hydrogen) atoms. The summed E-state index contributed by atoms with van der Waals surface area (Å²) in [6.45, 7) is 2.13. The van der Waals surface area contributed by atoms with Gasteiger partial charge in [0, 0.05) is 4.90 Å². The third-order valence-electron chi connectivity index (χ3n) is 3.54. The lowest BCUT2D eigenvalue weighted by Crippen LogP contribution is -2.13. The second-order valence-electron chi connectivity index (χ2n) is 5.19. The molecule has 1 N–H and O–H groups in total. The van der Waals surface area contributed by atoms with Crippen LogP contribution in [-0.2, 0) is 11.2 Å². The Morgan fingerprint density at radius 2 is 2.04 bits per heavy atom. The number of hydrogen-bond donors (Lipinski definition) is 1. The molecule has 0 spiro atoms. The second-order valence-corrected chi connectivity index (χ2v) is 7.27. The molecule has 0 radical (unpaired) electrons. The number of ether oxygens (including phenoxy) is 1. The van der Waals surface area contributed by atoms with Crippen LogP contribution in [0.15, 0.2) is 47.4 Å². The maximum absolute atomic E-state index is 12.1. The summed E-state index contributed by atoms with van der Waals surface area (Å²) < 4.78 is 6.23. The van der Waals surface area contributed by atoms with Gasteiger partial charge in [0.05, 0.1) is 23.1 Å². The lowest BCUT2D eigenvalue weighted by atomic mass is 10.2. The van der Waals surface area contributed by atoms with Gasteiger partial charge in [-0.15, -0.1) is 11.8 Å². The molecule has 124 valence electrons. The van der Waals surface area contributed by atoms with Crippen LogP contribution in [-0.4, -0.2) is 23.8 Å². The molecule has 0 aliphatic carbocycles. The minimum atomic E-state index is -0.0504. The molecule has 0 atom stereocenters. The van der Waals surface area contributed by atoms with Gasteiger partial charge in [-0.05, 0) is 48.4 Å². The van der Waals surface area contributed by atoms with Crippen molar-refractivity contribution >= 4 is 44.4 Å². The molecule has 0 fully saturated rings. The summed E-state index contributed by atoms with van der Waals surface area (Å²) in [5.41, 5.74) is 2.20. The number of fused-ring (bicyclic) bond motifs is 1. The van der Waals surface area contributed by atoms with Gasteiger partial charge in [-0.2, -0.15) is 0 Å². The number of aromatic nitrogens is 1. The van der Waals surface area contributed by atoms with Crippen molar-refractivity contribution < 1.29 is 9.53 Å². The number of thioether (sulfide) groups is 1. The van der Waals surface area contributed by atoms with E-state index in [2.05, 4.69) is 29.4 Å². The van der Waals surface area contributed by atoms with Crippen molar-refractivity contribution in [2.75, 3.05) is 18.2 Å². The summed E-state index contributed by atoms with van der Waals surface area (Å²) in [6, 6.07) is 13.9. The maximum Gasteiger partial charge on any atom is 0.236 e. The fraction of sp³-hybridized carbons (Fsp3) is 0.222. The lowest BCUT2D eigenvalue weighted by molar-refractivity contribution is -0.113. The Morgan fingerprint density at radius 1 is 1.25 bits per heavy atom. The predicted molar refractivity (Wildman–Crippen MR) is 101 cm³/mol. The van der Waals surface area contributed by atoms with Crippen LogP contribution in [0.2, 0.25) is 0 Å². The number of carbonyl (C=O) groups is 1. The summed E-state index contributed by atoms with van der Waals surface area (Å²) in [5.74, 6) is 1.11. The molecule has 1 aromatic heterocycles. The summed E-state index contributed by atoms with van der Waals surface area (Å²) in [4.78, 5) is 17.6. The number of aryl methyl sites for hydroxylation is 1. The SMILES string of the molecule is CCc1ccc2nc(NC(=O)CSc3ccc(OC)cc3)sc2c1. The van der Waals surface area contributed by atoms with Crippen LogP contribution < -0.4 is 10.1 Å². The van der Waals surface area contributed by atoms with Gasteiger partial charge in [-0.1, -0.05) is 24.3 Å². The highest BCUT2D eigenvalue weighted by Crippen LogP contribution is 2.27. The van der Waals surface area contributed by atoms with E-state index in [4.69, 9.17) is 4.74 Å². The van der Waals surface area contributed by atoms with Crippen LogP contribution in [0.4, 0.5) is 5.13 Å². The van der Waals surface area contributed by atoms with Crippen LogP contribution in [0.3, 0.4) is 0 Å². The monoisotopic (exact) mass is 358 g/mol. The molecular weight excluding hydrogens is 340 g/mol. The first-order valence-electron chi connectivity index (χ1n) is 7.64. The van der Waals surface area contributed by atoms with E-state index in [1.807, 2.05) is 30.3 Å². The Kier molecular flexibility index (Phi) is 5.37. The van der Waals surface area contributed by atoms with E-state index >= 15 is 0 Å². The number of methoxy groups -OCH3 is 1.